The summed E-state index contributed by atoms with van der Waals surface area (Å²) in [5.74, 6) is -5.27. The smallest absolute Gasteiger partial charge is 0.321 e. The van der Waals surface area contributed by atoms with Crippen molar-refractivity contribution in [3.8, 4) is 0 Å². The lowest BCUT2D eigenvalue weighted by Gasteiger charge is -2.27. The molecule has 10 nitrogen and oxygen atoms in total. The fourth-order valence-electron chi connectivity index (χ4n) is 1.71. The predicted octanol–water partition coefficient (Wildman–Crippen LogP) is -1.20. The number of carbonyl (C=O) groups is 4. The number of aliphatic carboxylic acids is 4. The second-order valence-electron chi connectivity index (χ2n) is 4.89. The maximum absolute atomic E-state index is 11.0. The Bertz CT molecular complexity index is 399. The first-order valence-electron chi connectivity index (χ1n) is 6.45. The molecule has 22 heavy (non-hydrogen) atoms. The van der Waals surface area contributed by atoms with Gasteiger partial charge in [0, 0.05) is 12.1 Å². The third-order valence-electron chi connectivity index (χ3n) is 3.03. The molecule has 0 aliphatic heterocycles. The van der Waals surface area contributed by atoms with Gasteiger partial charge >= 0.3 is 23.9 Å². The molecule has 0 aromatic carbocycles. The van der Waals surface area contributed by atoms with Gasteiger partial charge in [-0.25, -0.2) is 0 Å². The standard InChI is InChI=1S/C12H20N2O8/c1-5(13-7(11(19)20)3-9(15)16)6(2)14-8(12(21)22)4-10(17)18/h5-8,13-14H,3-4H2,1-2H3,(H,15,16)(H,17,18)(H,19,20)(H,21,22). The van der Waals surface area contributed by atoms with E-state index < -0.39 is 60.9 Å². The van der Waals surface area contributed by atoms with Crippen LogP contribution in [0.5, 0.6) is 0 Å². The third kappa shape index (κ3) is 7.55. The zero-order valence-corrected chi connectivity index (χ0v) is 12.1. The Balaban J connectivity index is 4.71. The van der Waals surface area contributed by atoms with Gasteiger partial charge in [-0.1, -0.05) is 0 Å². The van der Waals surface area contributed by atoms with Crippen molar-refractivity contribution < 1.29 is 39.6 Å². The van der Waals surface area contributed by atoms with E-state index in [0.717, 1.165) is 0 Å². The largest absolute Gasteiger partial charge is 0.481 e. The number of nitrogens with one attached hydrogen (secondary N) is 2. The van der Waals surface area contributed by atoms with Crippen molar-refractivity contribution in [1.29, 1.82) is 0 Å². The molecule has 10 heteroatoms. The van der Waals surface area contributed by atoms with E-state index in [-0.39, 0.29) is 0 Å². The van der Waals surface area contributed by atoms with Gasteiger partial charge in [-0.3, -0.25) is 29.8 Å². The van der Waals surface area contributed by atoms with Crippen molar-refractivity contribution in [3.05, 3.63) is 0 Å². The highest BCUT2D eigenvalue weighted by molar-refractivity contribution is 5.81. The molecule has 0 bridgehead atoms. The minimum atomic E-state index is -1.35. The molecule has 0 aromatic rings. The van der Waals surface area contributed by atoms with Gasteiger partial charge in [-0.15, -0.1) is 0 Å². The molecule has 0 radical (unpaired) electrons. The number of carboxylic acids is 4. The van der Waals surface area contributed by atoms with Crippen LogP contribution in [0.3, 0.4) is 0 Å². The van der Waals surface area contributed by atoms with Crippen LogP contribution in [0.15, 0.2) is 0 Å². The molecule has 0 aliphatic rings. The van der Waals surface area contributed by atoms with E-state index in [1.807, 2.05) is 0 Å². The predicted molar refractivity (Wildman–Crippen MR) is 72.5 cm³/mol. The summed E-state index contributed by atoms with van der Waals surface area (Å²) in [4.78, 5) is 43.1. The van der Waals surface area contributed by atoms with Crippen molar-refractivity contribution in [2.45, 2.75) is 50.9 Å². The van der Waals surface area contributed by atoms with Gasteiger partial charge in [-0.2, -0.15) is 0 Å². The fourth-order valence-corrected chi connectivity index (χ4v) is 1.71. The quantitative estimate of drug-likeness (QED) is 0.271. The van der Waals surface area contributed by atoms with Crippen molar-refractivity contribution in [1.82, 2.24) is 10.6 Å². The number of rotatable bonds is 11. The van der Waals surface area contributed by atoms with Crippen LogP contribution >= 0.6 is 0 Å². The number of hydrogen-bond acceptors (Lipinski definition) is 6. The van der Waals surface area contributed by atoms with Gasteiger partial charge in [0.1, 0.15) is 12.1 Å². The lowest BCUT2D eigenvalue weighted by Crippen LogP contribution is -2.55. The lowest BCUT2D eigenvalue weighted by atomic mass is 10.1. The van der Waals surface area contributed by atoms with Crippen molar-refractivity contribution >= 4 is 23.9 Å². The molecule has 0 saturated carbocycles. The Hall–Kier alpha value is -2.20. The molecule has 126 valence electrons. The van der Waals surface area contributed by atoms with Gasteiger partial charge in [0.15, 0.2) is 0 Å². The maximum Gasteiger partial charge on any atom is 0.321 e. The van der Waals surface area contributed by atoms with Gasteiger partial charge in [-0.05, 0) is 13.8 Å². The number of hydrogen-bond donors (Lipinski definition) is 6. The molecule has 0 saturated heterocycles. The zero-order valence-electron chi connectivity index (χ0n) is 12.1. The van der Waals surface area contributed by atoms with E-state index in [1.54, 1.807) is 0 Å². The zero-order chi connectivity index (χ0) is 17.4. The van der Waals surface area contributed by atoms with Gasteiger partial charge in [0.05, 0.1) is 12.8 Å². The Morgan fingerprint density at radius 2 is 1.00 bits per heavy atom. The normalized spacial score (nSPS) is 16.3. The topological polar surface area (TPSA) is 173 Å². The van der Waals surface area contributed by atoms with E-state index in [1.165, 1.54) is 13.8 Å². The van der Waals surface area contributed by atoms with Crippen LogP contribution in [0.4, 0.5) is 0 Å². The van der Waals surface area contributed by atoms with Crippen LogP contribution in [0.25, 0.3) is 0 Å². The summed E-state index contributed by atoms with van der Waals surface area (Å²) >= 11 is 0. The van der Waals surface area contributed by atoms with Crippen molar-refractivity contribution in [2.75, 3.05) is 0 Å². The highest BCUT2D eigenvalue weighted by atomic mass is 16.4. The van der Waals surface area contributed by atoms with E-state index in [4.69, 9.17) is 20.4 Å². The average molecular weight is 320 g/mol. The van der Waals surface area contributed by atoms with Gasteiger partial charge < -0.3 is 20.4 Å². The summed E-state index contributed by atoms with van der Waals surface area (Å²) in [6, 6.07) is -3.87. The molecule has 0 aliphatic carbocycles. The summed E-state index contributed by atoms with van der Waals surface area (Å²) in [6.45, 7) is 3.07. The second-order valence-corrected chi connectivity index (χ2v) is 4.89. The SMILES string of the molecule is CC(NC(CC(=O)O)C(=O)O)C(C)NC(CC(=O)O)C(=O)O. The minimum Gasteiger partial charge on any atom is -0.481 e. The summed E-state index contributed by atoms with van der Waals surface area (Å²) in [5.41, 5.74) is 0. The average Bonchev–Trinajstić information content (AvgIpc) is 2.35. The fraction of sp³-hybridized carbons (Fsp3) is 0.667. The van der Waals surface area contributed by atoms with Crippen LogP contribution in [0.1, 0.15) is 26.7 Å². The summed E-state index contributed by atoms with van der Waals surface area (Å²) in [5, 5.41) is 40.3. The number of carboxylic acid groups (broad SMARTS) is 4. The van der Waals surface area contributed by atoms with E-state index in [9.17, 15) is 19.2 Å². The Morgan fingerprint density at radius 1 is 0.727 bits per heavy atom. The summed E-state index contributed by atoms with van der Waals surface area (Å²) in [6.07, 6.45) is -1.27. The summed E-state index contributed by atoms with van der Waals surface area (Å²) < 4.78 is 0. The molecule has 6 N–H and O–H groups in total. The lowest BCUT2D eigenvalue weighted by molar-refractivity contribution is -0.146. The van der Waals surface area contributed by atoms with E-state index in [0.29, 0.717) is 0 Å². The first-order chi connectivity index (χ1) is 10.0. The highest BCUT2D eigenvalue weighted by Gasteiger charge is 2.28. The molecule has 4 atom stereocenters. The molecule has 0 heterocycles. The molecule has 0 fully saturated rings. The monoisotopic (exact) mass is 320 g/mol. The molecular formula is C12H20N2O8. The van der Waals surface area contributed by atoms with Gasteiger partial charge in [0.25, 0.3) is 0 Å². The van der Waals surface area contributed by atoms with Crippen LogP contribution in [0, 0.1) is 0 Å². The second kappa shape index (κ2) is 8.95. The minimum absolute atomic E-state index is 0.601. The molecule has 0 amide bonds. The highest BCUT2D eigenvalue weighted by Crippen LogP contribution is 2.02. The molecule has 0 rings (SSSR count). The molecule has 0 spiro atoms. The van der Waals surface area contributed by atoms with Gasteiger partial charge in [0.2, 0.25) is 0 Å². The molecular weight excluding hydrogens is 300 g/mol. The molecule has 4 unspecified atom stereocenters. The van der Waals surface area contributed by atoms with Crippen LogP contribution in [-0.2, 0) is 19.2 Å². The Kier molecular flexibility index (Phi) is 8.05. The van der Waals surface area contributed by atoms with Crippen LogP contribution < -0.4 is 10.6 Å². The van der Waals surface area contributed by atoms with Crippen molar-refractivity contribution in [2.24, 2.45) is 0 Å². The van der Waals surface area contributed by atoms with Crippen LogP contribution in [0.2, 0.25) is 0 Å². The Labute approximate surface area is 126 Å². The summed E-state index contributed by atoms with van der Waals surface area (Å²) in [7, 11) is 0. The van der Waals surface area contributed by atoms with Crippen LogP contribution in [-0.4, -0.2) is 68.5 Å². The Morgan fingerprint density at radius 3 is 1.18 bits per heavy atom. The molecule has 0 aromatic heterocycles. The maximum atomic E-state index is 11.0. The van der Waals surface area contributed by atoms with E-state index in [2.05, 4.69) is 10.6 Å². The van der Waals surface area contributed by atoms with E-state index >= 15 is 0 Å². The van der Waals surface area contributed by atoms with Crippen molar-refractivity contribution in [3.63, 3.8) is 0 Å². The first-order valence-corrected chi connectivity index (χ1v) is 6.45. The third-order valence-corrected chi connectivity index (χ3v) is 3.03. The first kappa shape index (κ1) is 19.8.